The van der Waals surface area contributed by atoms with E-state index in [1.165, 1.54) is 0 Å². The van der Waals surface area contributed by atoms with Crippen molar-refractivity contribution in [2.45, 2.75) is 13.3 Å². The third-order valence-electron chi connectivity index (χ3n) is 2.37. The van der Waals surface area contributed by atoms with E-state index in [9.17, 15) is 0 Å². The van der Waals surface area contributed by atoms with Gasteiger partial charge < -0.3 is 30.1 Å². The van der Waals surface area contributed by atoms with Gasteiger partial charge in [0.1, 0.15) is 11.5 Å². The second-order valence-electron chi connectivity index (χ2n) is 4.19. The largest absolute Gasteiger partial charge is 0.494 e. The summed E-state index contributed by atoms with van der Waals surface area (Å²) in [4.78, 5) is 18.2. The zero-order chi connectivity index (χ0) is 17.5. The summed E-state index contributed by atoms with van der Waals surface area (Å²) < 4.78 is 10.9. The van der Waals surface area contributed by atoms with E-state index in [1.807, 2.05) is 31.2 Å². The number of ether oxygens (including phenoxy) is 2. The molecule has 0 bridgehead atoms. The molecule has 0 radical (unpaired) electrons. The summed E-state index contributed by atoms with van der Waals surface area (Å²) in [5, 5.41) is 26.4. The van der Waals surface area contributed by atoms with E-state index >= 15 is 0 Å². The van der Waals surface area contributed by atoms with E-state index in [-0.39, 0.29) is 6.61 Å². The number of hydrogen-bond donors (Lipinski definition) is 4. The minimum Gasteiger partial charge on any atom is -0.494 e. The minimum atomic E-state index is -1.82. The number of nitrogens with one attached hydrogen (secondary N) is 1. The van der Waals surface area contributed by atoms with Crippen LogP contribution < -0.4 is 14.8 Å². The number of carbonyl (C=O) groups is 2. The van der Waals surface area contributed by atoms with Crippen molar-refractivity contribution in [2.24, 2.45) is 0 Å². The lowest BCUT2D eigenvalue weighted by molar-refractivity contribution is -0.159. The van der Waals surface area contributed by atoms with E-state index in [1.54, 1.807) is 0 Å². The average Bonchev–Trinajstić information content (AvgIpc) is 2.53. The smallest absolute Gasteiger partial charge is 0.414 e. The standard InChI is InChI=1S/C13H21NO3.C2H2O4/c1-2-16-12-4-6-13(7-5-12)17-11-3-8-14-9-10-15;3-1(4)2(5)6/h4-7,14-15H,2-3,8-11H2,1H3;(H,3,4)(H,5,6). The van der Waals surface area contributed by atoms with Gasteiger partial charge in [-0.15, -0.1) is 0 Å². The number of aliphatic hydroxyl groups is 1. The maximum atomic E-state index is 9.10. The maximum Gasteiger partial charge on any atom is 0.414 e. The molecule has 0 saturated carbocycles. The Bertz CT molecular complexity index is 436. The van der Waals surface area contributed by atoms with Gasteiger partial charge in [-0.2, -0.15) is 0 Å². The summed E-state index contributed by atoms with van der Waals surface area (Å²) in [5.41, 5.74) is 0. The lowest BCUT2D eigenvalue weighted by atomic mass is 10.3. The Labute approximate surface area is 134 Å². The predicted octanol–water partition coefficient (Wildman–Crippen LogP) is 0.592. The fraction of sp³-hybridized carbons (Fsp3) is 0.467. The fourth-order valence-electron chi connectivity index (χ4n) is 1.39. The summed E-state index contributed by atoms with van der Waals surface area (Å²) in [7, 11) is 0. The summed E-state index contributed by atoms with van der Waals surface area (Å²) in [6, 6.07) is 7.63. The van der Waals surface area contributed by atoms with Crippen molar-refractivity contribution in [2.75, 3.05) is 32.9 Å². The molecular weight excluding hydrogens is 306 g/mol. The van der Waals surface area contributed by atoms with Crippen LogP contribution in [0.1, 0.15) is 13.3 Å². The molecule has 23 heavy (non-hydrogen) atoms. The van der Waals surface area contributed by atoms with Crippen molar-refractivity contribution in [3.8, 4) is 11.5 Å². The number of rotatable bonds is 9. The Kier molecular flexibility index (Phi) is 12.0. The molecule has 0 fully saturated rings. The molecule has 0 unspecified atom stereocenters. The normalized spacial score (nSPS) is 9.48. The zero-order valence-corrected chi connectivity index (χ0v) is 13.0. The monoisotopic (exact) mass is 329 g/mol. The molecule has 0 saturated heterocycles. The van der Waals surface area contributed by atoms with Gasteiger partial charge in [0.25, 0.3) is 0 Å². The zero-order valence-electron chi connectivity index (χ0n) is 13.0. The number of carboxylic acid groups (broad SMARTS) is 2. The third kappa shape index (κ3) is 12.0. The molecule has 0 atom stereocenters. The summed E-state index contributed by atoms with van der Waals surface area (Å²) in [6.45, 7) is 4.99. The Balaban J connectivity index is 0.000000688. The molecule has 0 spiro atoms. The van der Waals surface area contributed by atoms with Crippen molar-refractivity contribution < 1.29 is 34.4 Å². The molecule has 0 aliphatic heterocycles. The molecule has 1 rings (SSSR count). The molecule has 1 aromatic rings. The lowest BCUT2D eigenvalue weighted by Crippen LogP contribution is -2.20. The van der Waals surface area contributed by atoms with Crippen LogP contribution in [0.2, 0.25) is 0 Å². The van der Waals surface area contributed by atoms with Crippen LogP contribution in [0.4, 0.5) is 0 Å². The molecule has 0 aliphatic carbocycles. The van der Waals surface area contributed by atoms with Gasteiger partial charge in [0.2, 0.25) is 0 Å². The Morgan fingerprint density at radius 1 is 1.00 bits per heavy atom. The van der Waals surface area contributed by atoms with Crippen LogP contribution in [0.15, 0.2) is 24.3 Å². The topological polar surface area (TPSA) is 125 Å². The van der Waals surface area contributed by atoms with Gasteiger partial charge in [-0.3, -0.25) is 0 Å². The summed E-state index contributed by atoms with van der Waals surface area (Å²) in [6.07, 6.45) is 0.924. The van der Waals surface area contributed by atoms with E-state index in [0.717, 1.165) is 24.5 Å². The van der Waals surface area contributed by atoms with E-state index in [0.29, 0.717) is 19.8 Å². The van der Waals surface area contributed by atoms with Gasteiger partial charge in [-0.1, -0.05) is 0 Å². The number of benzene rings is 1. The molecule has 8 heteroatoms. The maximum absolute atomic E-state index is 9.10. The highest BCUT2D eigenvalue weighted by atomic mass is 16.5. The lowest BCUT2D eigenvalue weighted by Gasteiger charge is -2.08. The van der Waals surface area contributed by atoms with Crippen molar-refractivity contribution in [3.63, 3.8) is 0 Å². The number of carboxylic acids is 2. The van der Waals surface area contributed by atoms with Gasteiger partial charge in [0.15, 0.2) is 0 Å². The van der Waals surface area contributed by atoms with E-state index < -0.39 is 11.9 Å². The molecule has 0 heterocycles. The van der Waals surface area contributed by atoms with Crippen LogP contribution in [-0.4, -0.2) is 60.2 Å². The van der Waals surface area contributed by atoms with Crippen LogP contribution >= 0.6 is 0 Å². The fourth-order valence-corrected chi connectivity index (χ4v) is 1.39. The van der Waals surface area contributed by atoms with Crippen LogP contribution in [0.3, 0.4) is 0 Å². The van der Waals surface area contributed by atoms with Gasteiger partial charge >= 0.3 is 11.9 Å². The third-order valence-corrected chi connectivity index (χ3v) is 2.37. The Hall–Kier alpha value is -2.32. The van der Waals surface area contributed by atoms with Gasteiger partial charge in [0.05, 0.1) is 19.8 Å². The SMILES string of the molecule is CCOc1ccc(OCCCNCCO)cc1.O=C(O)C(=O)O. The molecule has 8 nitrogen and oxygen atoms in total. The van der Waals surface area contributed by atoms with Crippen molar-refractivity contribution >= 4 is 11.9 Å². The van der Waals surface area contributed by atoms with Crippen molar-refractivity contribution in [1.29, 1.82) is 0 Å². The minimum absolute atomic E-state index is 0.180. The Morgan fingerprint density at radius 2 is 1.52 bits per heavy atom. The average molecular weight is 329 g/mol. The number of aliphatic hydroxyl groups excluding tert-OH is 1. The van der Waals surface area contributed by atoms with Crippen LogP contribution in [0, 0.1) is 0 Å². The molecule has 0 aliphatic rings. The summed E-state index contributed by atoms with van der Waals surface area (Å²) in [5.74, 6) is -1.93. The molecule has 130 valence electrons. The second kappa shape index (κ2) is 13.4. The van der Waals surface area contributed by atoms with E-state index in [4.69, 9.17) is 34.4 Å². The number of aliphatic carboxylic acids is 2. The molecule has 1 aromatic carbocycles. The van der Waals surface area contributed by atoms with Gasteiger partial charge in [-0.25, -0.2) is 9.59 Å². The quantitative estimate of drug-likeness (QED) is 0.383. The first kappa shape index (κ1) is 20.7. The van der Waals surface area contributed by atoms with Crippen molar-refractivity contribution in [1.82, 2.24) is 5.32 Å². The number of hydrogen-bond acceptors (Lipinski definition) is 6. The van der Waals surface area contributed by atoms with Gasteiger partial charge in [0, 0.05) is 6.54 Å². The van der Waals surface area contributed by atoms with Gasteiger partial charge in [-0.05, 0) is 44.2 Å². The van der Waals surface area contributed by atoms with Crippen LogP contribution in [0.5, 0.6) is 11.5 Å². The molecule has 4 N–H and O–H groups in total. The molecule has 0 amide bonds. The first-order chi connectivity index (χ1) is 11.0. The first-order valence-electron chi connectivity index (χ1n) is 7.14. The highest BCUT2D eigenvalue weighted by molar-refractivity contribution is 6.27. The second-order valence-corrected chi connectivity index (χ2v) is 4.19. The molecule has 0 aromatic heterocycles. The predicted molar refractivity (Wildman–Crippen MR) is 83.0 cm³/mol. The van der Waals surface area contributed by atoms with Crippen LogP contribution in [0.25, 0.3) is 0 Å². The highest BCUT2D eigenvalue weighted by Gasteiger charge is 2.04. The molecular formula is C15H23NO7. The Morgan fingerprint density at radius 3 is 1.96 bits per heavy atom. The van der Waals surface area contributed by atoms with Crippen LogP contribution in [-0.2, 0) is 9.59 Å². The van der Waals surface area contributed by atoms with E-state index in [2.05, 4.69) is 5.32 Å². The van der Waals surface area contributed by atoms with Crippen molar-refractivity contribution in [3.05, 3.63) is 24.3 Å². The highest BCUT2D eigenvalue weighted by Crippen LogP contribution is 2.17. The summed E-state index contributed by atoms with van der Waals surface area (Å²) >= 11 is 0. The first-order valence-corrected chi connectivity index (χ1v) is 7.14.